The minimum atomic E-state index is -1.25. The number of amides is 6. The Morgan fingerprint density at radius 1 is 0.644 bits per heavy atom. The second-order valence-electron chi connectivity index (χ2n) is 14.6. The van der Waals surface area contributed by atoms with E-state index in [0.29, 0.717) is 56.5 Å². The summed E-state index contributed by atoms with van der Waals surface area (Å²) in [6.45, 7) is 2.28. The van der Waals surface area contributed by atoms with Gasteiger partial charge in [-0.3, -0.25) is 28.8 Å². The summed E-state index contributed by atoms with van der Waals surface area (Å²) in [6, 6.07) is 9.80. The zero-order valence-electron chi connectivity index (χ0n) is 33.4. The number of aromatic nitrogens is 3. The number of benzene rings is 2. The van der Waals surface area contributed by atoms with Crippen LogP contribution in [0.5, 0.6) is 0 Å². The topological polar surface area (TPSA) is 311 Å². The van der Waals surface area contributed by atoms with Gasteiger partial charge in [0.15, 0.2) is 0 Å². The Labute approximate surface area is 343 Å². The normalized spacial score (nSPS) is 14.2. The average Bonchev–Trinajstić information content (AvgIpc) is 3.90. The number of imidazole rings is 1. The number of nitrogens with zero attached hydrogens (tertiary/aromatic N) is 1. The number of para-hydroxylation sites is 1. The highest BCUT2D eigenvalue weighted by Crippen LogP contribution is 2.19. The molecule has 0 bridgehead atoms. The molecular weight excluding hydrogens is 757 g/mol. The van der Waals surface area contributed by atoms with Crippen molar-refractivity contribution in [2.24, 2.45) is 22.9 Å². The maximum Gasteiger partial charge on any atom is 0.243 e. The van der Waals surface area contributed by atoms with Crippen molar-refractivity contribution in [3.63, 3.8) is 0 Å². The van der Waals surface area contributed by atoms with Crippen LogP contribution in [0, 0.1) is 0 Å². The van der Waals surface area contributed by atoms with Crippen molar-refractivity contribution in [2.75, 3.05) is 13.1 Å². The summed E-state index contributed by atoms with van der Waals surface area (Å²) in [6.07, 6.45) is 7.73. The van der Waals surface area contributed by atoms with Gasteiger partial charge in [-0.1, -0.05) is 55.0 Å². The van der Waals surface area contributed by atoms with Crippen molar-refractivity contribution in [1.29, 1.82) is 0 Å². The molecule has 18 nitrogen and oxygen atoms in total. The second kappa shape index (κ2) is 23.3. The molecule has 4 rings (SSSR count). The highest BCUT2D eigenvalue weighted by Gasteiger charge is 2.33. The van der Waals surface area contributed by atoms with E-state index in [-0.39, 0.29) is 25.7 Å². The van der Waals surface area contributed by atoms with Gasteiger partial charge >= 0.3 is 0 Å². The Bertz CT molecular complexity index is 1970. The minimum Gasteiger partial charge on any atom is -0.368 e. The van der Waals surface area contributed by atoms with Crippen LogP contribution in [0.25, 0.3) is 10.9 Å². The number of primary amides is 1. The van der Waals surface area contributed by atoms with Crippen molar-refractivity contribution in [3.05, 3.63) is 90.1 Å². The Balaban J connectivity index is 1.61. The van der Waals surface area contributed by atoms with Crippen LogP contribution in [0.2, 0.25) is 0 Å². The van der Waals surface area contributed by atoms with Crippen LogP contribution in [0.15, 0.2) is 73.3 Å². The van der Waals surface area contributed by atoms with Crippen molar-refractivity contribution in [1.82, 2.24) is 41.5 Å². The molecule has 18 heteroatoms. The van der Waals surface area contributed by atoms with Gasteiger partial charge in [-0.2, -0.15) is 0 Å². The first-order valence-corrected chi connectivity index (χ1v) is 19.9. The maximum atomic E-state index is 14.3. The van der Waals surface area contributed by atoms with Gasteiger partial charge in [0.05, 0.1) is 12.4 Å². The predicted octanol–water partition coefficient (Wildman–Crippen LogP) is -0.567. The first kappa shape index (κ1) is 45.6. The molecule has 6 atom stereocenters. The van der Waals surface area contributed by atoms with E-state index < -0.39 is 71.7 Å². The summed E-state index contributed by atoms with van der Waals surface area (Å²) >= 11 is 0. The summed E-state index contributed by atoms with van der Waals surface area (Å²) in [7, 11) is 0. The number of carbonyl (C=O) groups is 6. The van der Waals surface area contributed by atoms with Crippen LogP contribution in [0.3, 0.4) is 0 Å². The Morgan fingerprint density at radius 2 is 1.20 bits per heavy atom. The number of rotatable bonds is 25. The molecule has 0 aliphatic heterocycles. The van der Waals surface area contributed by atoms with Crippen LogP contribution in [0.4, 0.5) is 0 Å². The molecule has 0 saturated heterocycles. The van der Waals surface area contributed by atoms with E-state index in [1.807, 2.05) is 30.3 Å². The summed E-state index contributed by atoms with van der Waals surface area (Å²) in [5.74, 6) is -3.98. The van der Waals surface area contributed by atoms with E-state index in [1.165, 1.54) is 19.4 Å². The van der Waals surface area contributed by atoms with Crippen molar-refractivity contribution >= 4 is 46.3 Å². The van der Waals surface area contributed by atoms with Crippen molar-refractivity contribution < 1.29 is 28.8 Å². The molecule has 2 heterocycles. The second-order valence-corrected chi connectivity index (χ2v) is 14.6. The standard InChI is InChI=1S/C41H58N12O6/c1-25(36(45)54)49-39(57)34(20-27-22-47-31-15-6-5-13-29(27)31)52-40(58)33(19-26-11-3-2-4-12-26)51-41(59)35(21-28-23-46-24-48-28)53-38(56)32(16-8-10-18-43)50-37(55)30(44)14-7-9-17-42/h2-6,11-13,15,22-25,30,32-35,47H,7-10,14,16-21,42-44H2,1H3,(H2,45,54)(H,46,48)(H,49,57)(H,50,55)(H,51,59)(H,52,58)(H,53,56)/t25-,30-,32-,33-,34-,35-/m0/s1. The van der Waals surface area contributed by atoms with Crippen molar-refractivity contribution in [3.8, 4) is 0 Å². The molecule has 0 aliphatic rings. The van der Waals surface area contributed by atoms with E-state index in [9.17, 15) is 28.8 Å². The summed E-state index contributed by atoms with van der Waals surface area (Å²) in [5, 5.41) is 14.5. The fraction of sp³-hybridized carbons (Fsp3) is 0.439. The monoisotopic (exact) mass is 814 g/mol. The van der Waals surface area contributed by atoms with E-state index >= 15 is 0 Å². The minimum absolute atomic E-state index is 0.0159. The first-order chi connectivity index (χ1) is 28.4. The summed E-state index contributed by atoms with van der Waals surface area (Å²) in [5.41, 5.74) is 25.6. The maximum absolute atomic E-state index is 14.3. The lowest BCUT2D eigenvalue weighted by Gasteiger charge is -2.27. The molecule has 318 valence electrons. The van der Waals surface area contributed by atoms with Crippen molar-refractivity contribution in [2.45, 2.75) is 101 Å². The van der Waals surface area contributed by atoms with Gasteiger partial charge in [0.25, 0.3) is 0 Å². The molecule has 15 N–H and O–H groups in total. The number of carbonyl (C=O) groups excluding carboxylic acids is 6. The Kier molecular flexibility index (Phi) is 18.0. The van der Waals surface area contributed by atoms with E-state index in [1.54, 1.807) is 30.5 Å². The molecule has 4 aromatic rings. The van der Waals surface area contributed by atoms with Crippen LogP contribution in [-0.2, 0) is 48.0 Å². The molecule has 0 unspecified atom stereocenters. The molecule has 0 fully saturated rings. The SMILES string of the molecule is C[C@H](NC(=O)[C@H](Cc1c[nH]c2ccccc12)NC(=O)[C@H](Cc1ccccc1)NC(=O)[C@H](Cc1cnc[nH]1)NC(=O)[C@H](CCCCN)NC(=O)[C@@H](N)CCCCN)C(N)=O. The van der Waals surface area contributed by atoms with Crippen LogP contribution in [-0.4, -0.2) is 99.7 Å². The van der Waals surface area contributed by atoms with Gasteiger partial charge < -0.3 is 59.5 Å². The lowest BCUT2D eigenvalue weighted by molar-refractivity contribution is -0.135. The number of H-pyrrole nitrogens is 2. The predicted molar refractivity (Wildman–Crippen MR) is 223 cm³/mol. The van der Waals surface area contributed by atoms with Gasteiger partial charge in [0.2, 0.25) is 35.4 Å². The first-order valence-electron chi connectivity index (χ1n) is 19.9. The number of unbranched alkanes of at least 4 members (excludes halogenated alkanes) is 2. The molecular formula is C41H58N12O6. The van der Waals surface area contributed by atoms with E-state index in [4.69, 9.17) is 22.9 Å². The van der Waals surface area contributed by atoms with Gasteiger partial charge in [-0.15, -0.1) is 0 Å². The molecule has 0 spiro atoms. The third-order valence-corrected chi connectivity index (χ3v) is 9.93. The molecule has 2 aromatic heterocycles. The lowest BCUT2D eigenvalue weighted by atomic mass is 10.0. The fourth-order valence-electron chi connectivity index (χ4n) is 6.50. The zero-order chi connectivity index (χ0) is 42.7. The Hall–Kier alpha value is -6.11. The highest BCUT2D eigenvalue weighted by atomic mass is 16.2. The molecule has 59 heavy (non-hydrogen) atoms. The third kappa shape index (κ3) is 14.3. The molecule has 0 radical (unpaired) electrons. The number of nitrogens with two attached hydrogens (primary N) is 4. The van der Waals surface area contributed by atoms with Crippen LogP contribution >= 0.6 is 0 Å². The number of hydrogen-bond acceptors (Lipinski definition) is 10. The van der Waals surface area contributed by atoms with Gasteiger partial charge in [0.1, 0.15) is 30.2 Å². The number of aromatic amines is 2. The molecule has 0 saturated carbocycles. The van der Waals surface area contributed by atoms with Gasteiger partial charge in [0, 0.05) is 48.3 Å². The van der Waals surface area contributed by atoms with E-state index in [0.717, 1.165) is 16.5 Å². The lowest BCUT2D eigenvalue weighted by Crippen LogP contribution is -2.60. The number of nitrogens with one attached hydrogen (secondary N) is 7. The number of hydrogen-bond donors (Lipinski definition) is 11. The van der Waals surface area contributed by atoms with E-state index in [2.05, 4.69) is 41.5 Å². The fourth-order valence-corrected chi connectivity index (χ4v) is 6.50. The van der Waals surface area contributed by atoms with Gasteiger partial charge in [-0.05, 0) is 69.3 Å². The molecule has 2 aromatic carbocycles. The smallest absolute Gasteiger partial charge is 0.243 e. The summed E-state index contributed by atoms with van der Waals surface area (Å²) < 4.78 is 0. The highest BCUT2D eigenvalue weighted by molar-refractivity contribution is 5.97. The Morgan fingerprint density at radius 3 is 1.83 bits per heavy atom. The van der Waals surface area contributed by atoms with Crippen LogP contribution in [0.1, 0.15) is 62.3 Å². The third-order valence-electron chi connectivity index (χ3n) is 9.93. The van der Waals surface area contributed by atoms with Gasteiger partial charge in [-0.25, -0.2) is 4.98 Å². The quantitative estimate of drug-likeness (QED) is 0.0379. The number of fused-ring (bicyclic) bond motifs is 1. The zero-order valence-corrected chi connectivity index (χ0v) is 33.4. The largest absolute Gasteiger partial charge is 0.368 e. The summed E-state index contributed by atoms with van der Waals surface area (Å²) in [4.78, 5) is 91.3. The molecule has 0 aliphatic carbocycles. The average molecular weight is 815 g/mol. The van der Waals surface area contributed by atoms with Crippen LogP contribution < -0.4 is 49.5 Å². The molecule has 6 amide bonds.